The van der Waals surface area contributed by atoms with Crippen molar-refractivity contribution in [2.45, 2.75) is 24.7 Å². The van der Waals surface area contributed by atoms with Gasteiger partial charge in [0.05, 0.1) is 32.0 Å². The summed E-state index contributed by atoms with van der Waals surface area (Å²) in [5, 5.41) is 12.9. The molecule has 102 valence electrons. The molecule has 1 aromatic rings. The minimum absolute atomic E-state index is 0.222. The first kappa shape index (κ1) is 12.6. The number of ether oxygens (including phenoxy) is 2. The van der Waals surface area contributed by atoms with Crippen molar-refractivity contribution in [3.8, 4) is 0 Å². The van der Waals surface area contributed by atoms with Crippen LogP contribution in [0.1, 0.15) is 17.2 Å². The molecular weight excluding hydrogens is 246 g/mol. The second-order valence-electron chi connectivity index (χ2n) is 4.89. The first-order chi connectivity index (χ1) is 9.25. The molecule has 0 radical (unpaired) electrons. The number of carbonyl (C=O) groups excluding carboxylic acids is 1. The van der Waals surface area contributed by atoms with Crippen molar-refractivity contribution in [2.24, 2.45) is 0 Å². The molecule has 3 rings (SSSR count). The normalized spacial score (nSPS) is 29.8. The van der Waals surface area contributed by atoms with E-state index in [-0.39, 0.29) is 18.6 Å². The summed E-state index contributed by atoms with van der Waals surface area (Å²) in [7, 11) is 0. The number of rotatable bonds is 2. The van der Waals surface area contributed by atoms with Crippen molar-refractivity contribution >= 4 is 5.91 Å². The Labute approximate surface area is 111 Å². The summed E-state index contributed by atoms with van der Waals surface area (Å²) in [6, 6.07) is 7.42. The molecule has 1 aromatic carbocycles. The van der Waals surface area contributed by atoms with Gasteiger partial charge in [-0.15, -0.1) is 0 Å². The van der Waals surface area contributed by atoms with Crippen molar-refractivity contribution in [3.63, 3.8) is 0 Å². The fourth-order valence-corrected chi connectivity index (χ4v) is 2.63. The van der Waals surface area contributed by atoms with Gasteiger partial charge in [0.25, 0.3) is 5.91 Å². The van der Waals surface area contributed by atoms with Gasteiger partial charge in [0.2, 0.25) is 0 Å². The lowest BCUT2D eigenvalue weighted by Gasteiger charge is -2.25. The van der Waals surface area contributed by atoms with Crippen LogP contribution in [0.3, 0.4) is 0 Å². The monoisotopic (exact) mass is 263 g/mol. The first-order valence-corrected chi connectivity index (χ1v) is 6.51. The third kappa shape index (κ3) is 2.49. The number of benzene rings is 1. The van der Waals surface area contributed by atoms with Gasteiger partial charge >= 0.3 is 0 Å². The van der Waals surface area contributed by atoms with Crippen LogP contribution >= 0.6 is 0 Å². The van der Waals surface area contributed by atoms with Crippen LogP contribution in [0.4, 0.5) is 0 Å². The third-order valence-corrected chi connectivity index (χ3v) is 3.61. The predicted octanol–water partition coefficient (Wildman–Crippen LogP) is 0.176. The smallest absolute Gasteiger partial charge is 0.252 e. The van der Waals surface area contributed by atoms with Gasteiger partial charge < -0.3 is 19.9 Å². The van der Waals surface area contributed by atoms with E-state index in [4.69, 9.17) is 9.47 Å². The van der Waals surface area contributed by atoms with Crippen LogP contribution in [-0.4, -0.2) is 43.0 Å². The van der Waals surface area contributed by atoms with Crippen molar-refractivity contribution in [3.05, 3.63) is 35.4 Å². The van der Waals surface area contributed by atoms with E-state index in [2.05, 4.69) is 5.32 Å². The Morgan fingerprint density at radius 2 is 2.16 bits per heavy atom. The van der Waals surface area contributed by atoms with Crippen molar-refractivity contribution in [1.29, 1.82) is 0 Å². The number of amides is 1. The summed E-state index contributed by atoms with van der Waals surface area (Å²) in [5.41, 5.74) is 2.07. The van der Waals surface area contributed by atoms with Gasteiger partial charge in [0.1, 0.15) is 0 Å². The van der Waals surface area contributed by atoms with Crippen LogP contribution in [0.15, 0.2) is 24.3 Å². The molecule has 1 amide bonds. The standard InChI is InChI=1S/C14H17NO4/c16-11-7-9-3-1-2-4-10(9)13(11)15-14(17)12-8-18-5-6-19-12/h1-4,11-13,16H,5-8H2,(H,15,17). The lowest BCUT2D eigenvalue weighted by Crippen LogP contribution is -2.45. The fraction of sp³-hybridized carbons (Fsp3) is 0.500. The summed E-state index contributed by atoms with van der Waals surface area (Å²) in [6.07, 6.45) is -0.581. The lowest BCUT2D eigenvalue weighted by molar-refractivity contribution is -0.148. The van der Waals surface area contributed by atoms with Gasteiger partial charge in [0, 0.05) is 6.42 Å². The van der Waals surface area contributed by atoms with E-state index in [0.29, 0.717) is 19.6 Å². The number of hydrogen-bond donors (Lipinski definition) is 2. The van der Waals surface area contributed by atoms with Crippen molar-refractivity contribution < 1.29 is 19.4 Å². The molecule has 1 fully saturated rings. The van der Waals surface area contributed by atoms with E-state index in [0.717, 1.165) is 11.1 Å². The molecule has 0 aromatic heterocycles. The van der Waals surface area contributed by atoms with Crippen LogP contribution in [-0.2, 0) is 20.7 Å². The van der Waals surface area contributed by atoms with Crippen LogP contribution in [0.25, 0.3) is 0 Å². The molecule has 19 heavy (non-hydrogen) atoms. The Hall–Kier alpha value is -1.43. The minimum atomic E-state index is -0.578. The number of carbonyl (C=O) groups is 1. The Balaban J connectivity index is 1.71. The van der Waals surface area contributed by atoms with Gasteiger partial charge in [-0.2, -0.15) is 0 Å². The highest BCUT2D eigenvalue weighted by atomic mass is 16.6. The van der Waals surface area contributed by atoms with Crippen LogP contribution in [0, 0.1) is 0 Å². The van der Waals surface area contributed by atoms with Gasteiger partial charge in [-0.05, 0) is 11.1 Å². The van der Waals surface area contributed by atoms with Gasteiger partial charge in [-0.3, -0.25) is 4.79 Å². The molecule has 0 saturated carbocycles. The van der Waals surface area contributed by atoms with Crippen LogP contribution in [0.2, 0.25) is 0 Å². The Morgan fingerprint density at radius 3 is 2.95 bits per heavy atom. The first-order valence-electron chi connectivity index (χ1n) is 6.51. The Kier molecular flexibility index (Phi) is 3.50. The highest BCUT2D eigenvalue weighted by molar-refractivity contribution is 5.81. The summed E-state index contributed by atoms with van der Waals surface area (Å²) >= 11 is 0. The average molecular weight is 263 g/mol. The molecule has 1 aliphatic heterocycles. The topological polar surface area (TPSA) is 67.8 Å². The molecule has 3 atom stereocenters. The fourth-order valence-electron chi connectivity index (χ4n) is 2.63. The van der Waals surface area contributed by atoms with Crippen LogP contribution in [0.5, 0.6) is 0 Å². The lowest BCUT2D eigenvalue weighted by atomic mass is 10.1. The number of fused-ring (bicyclic) bond motifs is 1. The van der Waals surface area contributed by atoms with E-state index < -0.39 is 12.2 Å². The van der Waals surface area contributed by atoms with E-state index in [1.54, 1.807) is 0 Å². The molecule has 1 saturated heterocycles. The molecule has 2 aliphatic rings. The second-order valence-corrected chi connectivity index (χ2v) is 4.89. The minimum Gasteiger partial charge on any atom is -0.390 e. The molecule has 5 heteroatoms. The molecule has 0 bridgehead atoms. The molecule has 1 heterocycles. The average Bonchev–Trinajstić information content (AvgIpc) is 2.76. The zero-order chi connectivity index (χ0) is 13.2. The summed E-state index contributed by atoms with van der Waals surface area (Å²) in [4.78, 5) is 12.1. The Morgan fingerprint density at radius 1 is 1.32 bits per heavy atom. The van der Waals surface area contributed by atoms with Gasteiger partial charge in [-0.1, -0.05) is 24.3 Å². The maximum atomic E-state index is 12.1. The highest BCUT2D eigenvalue weighted by Crippen LogP contribution is 2.31. The third-order valence-electron chi connectivity index (χ3n) is 3.61. The molecule has 1 aliphatic carbocycles. The SMILES string of the molecule is O=C(NC1c2ccccc2CC1O)C1COCCO1. The zero-order valence-corrected chi connectivity index (χ0v) is 10.5. The molecule has 0 spiro atoms. The number of hydrogen-bond acceptors (Lipinski definition) is 4. The highest BCUT2D eigenvalue weighted by Gasteiger charge is 2.34. The van der Waals surface area contributed by atoms with E-state index in [1.165, 1.54) is 0 Å². The summed E-state index contributed by atoms with van der Waals surface area (Å²) < 4.78 is 10.6. The number of aliphatic hydroxyl groups is 1. The van der Waals surface area contributed by atoms with Crippen molar-refractivity contribution in [1.82, 2.24) is 5.32 Å². The maximum absolute atomic E-state index is 12.1. The van der Waals surface area contributed by atoms with Crippen LogP contribution < -0.4 is 5.32 Å². The summed E-state index contributed by atoms with van der Waals surface area (Å²) in [5.74, 6) is -0.222. The molecule has 5 nitrogen and oxygen atoms in total. The quantitative estimate of drug-likeness (QED) is 0.798. The Bertz CT molecular complexity index is 470. The summed E-state index contributed by atoms with van der Waals surface area (Å²) in [6.45, 7) is 1.23. The second kappa shape index (κ2) is 5.28. The number of aliphatic hydroxyl groups excluding tert-OH is 1. The molecule has 3 unspecified atom stereocenters. The predicted molar refractivity (Wildman–Crippen MR) is 67.6 cm³/mol. The zero-order valence-electron chi connectivity index (χ0n) is 10.5. The molecule has 2 N–H and O–H groups in total. The van der Waals surface area contributed by atoms with Crippen molar-refractivity contribution in [2.75, 3.05) is 19.8 Å². The van der Waals surface area contributed by atoms with Gasteiger partial charge in [0.15, 0.2) is 6.10 Å². The molecular formula is C14H17NO4. The number of nitrogens with one attached hydrogen (secondary N) is 1. The van der Waals surface area contributed by atoms with E-state index in [9.17, 15) is 9.90 Å². The maximum Gasteiger partial charge on any atom is 0.252 e. The largest absolute Gasteiger partial charge is 0.390 e. The van der Waals surface area contributed by atoms with E-state index in [1.807, 2.05) is 24.3 Å². The van der Waals surface area contributed by atoms with Gasteiger partial charge in [-0.25, -0.2) is 0 Å². The van der Waals surface area contributed by atoms with E-state index >= 15 is 0 Å².